The van der Waals surface area contributed by atoms with Gasteiger partial charge >= 0.3 is 0 Å². The lowest BCUT2D eigenvalue weighted by Crippen LogP contribution is -2.44. The third kappa shape index (κ3) is 5.33. The third-order valence-corrected chi connectivity index (χ3v) is 7.04. The second kappa shape index (κ2) is 10.8. The molecule has 0 bridgehead atoms. The number of benzene rings is 2. The molecule has 0 radical (unpaired) electrons. The van der Waals surface area contributed by atoms with Crippen molar-refractivity contribution in [1.29, 1.82) is 0 Å². The van der Waals surface area contributed by atoms with Crippen molar-refractivity contribution in [1.82, 2.24) is 4.90 Å². The van der Waals surface area contributed by atoms with E-state index in [9.17, 15) is 4.79 Å². The van der Waals surface area contributed by atoms with Crippen molar-refractivity contribution in [3.63, 3.8) is 0 Å². The first kappa shape index (κ1) is 23.2. The van der Waals surface area contributed by atoms with E-state index in [4.69, 9.17) is 14.5 Å². The molecule has 0 aromatic heterocycles. The number of thioether (sulfide) groups is 1. The lowest BCUT2D eigenvalue weighted by atomic mass is 9.85. The minimum absolute atomic E-state index is 0.0272. The van der Waals surface area contributed by atoms with Crippen LogP contribution < -0.4 is 9.47 Å². The second-order valence-corrected chi connectivity index (χ2v) is 9.36. The fraction of sp³-hybridized carbons (Fsp3) is 0.333. The largest absolute Gasteiger partial charge is 0.493 e. The lowest BCUT2D eigenvalue weighted by molar-refractivity contribution is -0.124. The summed E-state index contributed by atoms with van der Waals surface area (Å²) in [4.78, 5) is 21.1. The van der Waals surface area contributed by atoms with Gasteiger partial charge in [-0.3, -0.25) is 9.69 Å². The first-order valence-electron chi connectivity index (χ1n) is 11.4. The maximum absolute atomic E-state index is 13.6. The van der Waals surface area contributed by atoms with E-state index in [0.717, 1.165) is 35.7 Å². The molecule has 2 aliphatic rings. The molecule has 2 aromatic carbocycles. The zero-order valence-corrected chi connectivity index (χ0v) is 20.0. The van der Waals surface area contributed by atoms with E-state index in [-0.39, 0.29) is 11.9 Å². The summed E-state index contributed by atoms with van der Waals surface area (Å²) in [7, 11) is 1.61. The van der Waals surface area contributed by atoms with Crippen LogP contribution >= 0.6 is 11.8 Å². The molecule has 1 saturated heterocycles. The monoisotopic (exact) mass is 462 g/mol. The third-order valence-electron chi connectivity index (χ3n) is 6.06. The van der Waals surface area contributed by atoms with Gasteiger partial charge in [-0.15, -0.1) is 0 Å². The standard InChI is InChI=1S/C27H30N2O3S/c1-4-16-32-23-15-14-20(17-24(23)31-3)18-25-26(30)29(22-13-9-8-10-19(22)2)27(33-25)28-21-11-6-5-7-12-21/h4-7,11-12,14-15,17-19,22H,1,8-10,13,16H2,2-3H3/b25-18-,28-27?/t19-,22+/m1/s1. The Hall–Kier alpha value is -2.99. The second-order valence-electron chi connectivity index (χ2n) is 8.35. The van der Waals surface area contributed by atoms with Gasteiger partial charge in [0, 0.05) is 6.04 Å². The van der Waals surface area contributed by atoms with Crippen molar-refractivity contribution < 1.29 is 14.3 Å². The predicted octanol–water partition coefficient (Wildman–Crippen LogP) is 6.44. The average molecular weight is 463 g/mol. The number of hydrogen-bond acceptors (Lipinski definition) is 5. The first-order chi connectivity index (χ1) is 16.1. The van der Waals surface area contributed by atoms with Crippen LogP contribution in [0.15, 0.2) is 71.1 Å². The highest BCUT2D eigenvalue weighted by atomic mass is 32.2. The number of rotatable bonds is 7. The summed E-state index contributed by atoms with van der Waals surface area (Å²) in [5, 5.41) is 0.758. The number of amides is 1. The van der Waals surface area contributed by atoms with E-state index < -0.39 is 0 Å². The summed E-state index contributed by atoms with van der Waals surface area (Å²) in [5.41, 5.74) is 1.74. The van der Waals surface area contributed by atoms with E-state index >= 15 is 0 Å². The smallest absolute Gasteiger partial charge is 0.267 e. The Morgan fingerprint density at radius 3 is 2.67 bits per heavy atom. The van der Waals surface area contributed by atoms with Gasteiger partial charge in [-0.25, -0.2) is 4.99 Å². The molecule has 5 nitrogen and oxygen atoms in total. The maximum Gasteiger partial charge on any atom is 0.267 e. The summed E-state index contributed by atoms with van der Waals surface area (Å²) in [6.07, 6.45) is 8.13. The molecular weight excluding hydrogens is 432 g/mol. The molecule has 1 aliphatic heterocycles. The Morgan fingerprint density at radius 1 is 1.15 bits per heavy atom. The van der Waals surface area contributed by atoms with Gasteiger partial charge in [0.05, 0.1) is 17.7 Å². The average Bonchev–Trinajstić information content (AvgIpc) is 3.13. The van der Waals surface area contributed by atoms with Crippen LogP contribution in [-0.4, -0.2) is 35.7 Å². The van der Waals surface area contributed by atoms with Crippen LogP contribution in [0, 0.1) is 5.92 Å². The number of methoxy groups -OCH3 is 1. The Balaban J connectivity index is 1.68. The summed E-state index contributed by atoms with van der Waals surface area (Å²) < 4.78 is 11.1. The molecule has 33 heavy (non-hydrogen) atoms. The summed E-state index contributed by atoms with van der Waals surface area (Å²) >= 11 is 1.45. The van der Waals surface area contributed by atoms with Gasteiger partial charge in [0.25, 0.3) is 5.91 Å². The first-order valence-corrected chi connectivity index (χ1v) is 12.2. The van der Waals surface area contributed by atoms with Crippen LogP contribution in [0.25, 0.3) is 6.08 Å². The Kier molecular flexibility index (Phi) is 7.55. The molecule has 1 heterocycles. The zero-order chi connectivity index (χ0) is 23.2. The van der Waals surface area contributed by atoms with Gasteiger partial charge in [-0.1, -0.05) is 56.7 Å². The highest BCUT2D eigenvalue weighted by molar-refractivity contribution is 8.18. The van der Waals surface area contributed by atoms with E-state index in [0.29, 0.717) is 28.9 Å². The minimum atomic E-state index is 0.0272. The number of carbonyl (C=O) groups excluding carboxylic acids is 1. The molecule has 1 amide bonds. The molecule has 0 unspecified atom stereocenters. The molecule has 1 aliphatic carbocycles. The number of ether oxygens (including phenoxy) is 2. The molecule has 2 fully saturated rings. The van der Waals surface area contributed by atoms with Crippen LogP contribution in [0.5, 0.6) is 11.5 Å². The molecule has 2 aromatic rings. The SMILES string of the molecule is C=CCOc1ccc(/C=C2\SC(=Nc3ccccc3)N([C@H]3CCCC[C@H]3C)C2=O)cc1OC. The molecule has 0 spiro atoms. The van der Waals surface area contributed by atoms with E-state index in [1.54, 1.807) is 13.2 Å². The summed E-state index contributed by atoms with van der Waals surface area (Å²) in [5.74, 6) is 1.75. The quantitative estimate of drug-likeness (QED) is 0.351. The van der Waals surface area contributed by atoms with Crippen molar-refractivity contribution >= 4 is 34.6 Å². The fourth-order valence-corrected chi connectivity index (χ4v) is 5.39. The van der Waals surface area contributed by atoms with Crippen molar-refractivity contribution in [2.75, 3.05) is 13.7 Å². The van der Waals surface area contributed by atoms with Crippen molar-refractivity contribution in [2.45, 2.75) is 38.6 Å². The Bertz CT molecular complexity index is 1060. The van der Waals surface area contributed by atoms with E-state index in [1.807, 2.05) is 59.5 Å². The number of aliphatic imine (C=N–C) groups is 1. The van der Waals surface area contributed by atoms with Crippen LogP contribution in [0.2, 0.25) is 0 Å². The highest BCUT2D eigenvalue weighted by Crippen LogP contribution is 2.40. The lowest BCUT2D eigenvalue weighted by Gasteiger charge is -2.35. The summed E-state index contributed by atoms with van der Waals surface area (Å²) in [6, 6.07) is 15.7. The highest BCUT2D eigenvalue weighted by Gasteiger charge is 2.41. The molecule has 0 N–H and O–H groups in total. The van der Waals surface area contributed by atoms with E-state index in [2.05, 4.69) is 13.5 Å². The minimum Gasteiger partial charge on any atom is -0.493 e. The van der Waals surface area contributed by atoms with Gasteiger partial charge in [-0.05, 0) is 66.4 Å². The number of amidine groups is 1. The molecule has 2 atom stereocenters. The number of para-hydroxylation sites is 1. The van der Waals surface area contributed by atoms with Gasteiger partial charge in [-0.2, -0.15) is 0 Å². The zero-order valence-electron chi connectivity index (χ0n) is 19.2. The van der Waals surface area contributed by atoms with Gasteiger partial charge in [0.15, 0.2) is 16.7 Å². The number of carbonyl (C=O) groups is 1. The van der Waals surface area contributed by atoms with E-state index in [1.165, 1.54) is 18.2 Å². The van der Waals surface area contributed by atoms with Crippen LogP contribution in [0.1, 0.15) is 38.2 Å². The van der Waals surface area contributed by atoms with Crippen molar-refractivity contribution in [2.24, 2.45) is 10.9 Å². The fourth-order valence-electron chi connectivity index (χ4n) is 4.34. The number of nitrogens with zero attached hydrogens (tertiary/aromatic N) is 2. The maximum atomic E-state index is 13.6. The number of hydrogen-bond donors (Lipinski definition) is 0. The topological polar surface area (TPSA) is 51.1 Å². The molecule has 6 heteroatoms. The predicted molar refractivity (Wildman–Crippen MR) is 136 cm³/mol. The molecular formula is C27H30N2O3S. The van der Waals surface area contributed by atoms with Crippen molar-refractivity contribution in [3.8, 4) is 11.5 Å². The molecule has 172 valence electrons. The van der Waals surface area contributed by atoms with Gasteiger partial charge in [0.2, 0.25) is 0 Å². The molecule has 1 saturated carbocycles. The van der Waals surface area contributed by atoms with Crippen LogP contribution in [-0.2, 0) is 4.79 Å². The van der Waals surface area contributed by atoms with Crippen LogP contribution in [0.4, 0.5) is 5.69 Å². The summed E-state index contributed by atoms with van der Waals surface area (Å²) in [6.45, 7) is 6.33. The molecule has 4 rings (SSSR count). The van der Waals surface area contributed by atoms with Gasteiger partial charge < -0.3 is 9.47 Å². The Morgan fingerprint density at radius 2 is 1.94 bits per heavy atom. The Labute approximate surface area is 200 Å². The van der Waals surface area contributed by atoms with Crippen molar-refractivity contribution in [3.05, 3.63) is 71.7 Å². The van der Waals surface area contributed by atoms with Gasteiger partial charge in [0.1, 0.15) is 6.61 Å². The normalized spacial score (nSPS) is 23.2. The van der Waals surface area contributed by atoms with Crippen LogP contribution in [0.3, 0.4) is 0 Å².